The van der Waals surface area contributed by atoms with Crippen molar-refractivity contribution in [1.82, 2.24) is 0 Å². The molecule has 5 nitrogen and oxygen atoms in total. The molecule has 2 rings (SSSR count). The highest BCUT2D eigenvalue weighted by Gasteiger charge is 2.14. The fraction of sp³-hybridized carbons (Fsp3) is 0.500. The van der Waals surface area contributed by atoms with Crippen molar-refractivity contribution in [3.8, 4) is 11.5 Å². The van der Waals surface area contributed by atoms with Crippen molar-refractivity contribution in [2.24, 2.45) is 5.73 Å². The van der Waals surface area contributed by atoms with Gasteiger partial charge in [0.2, 0.25) is 0 Å². The van der Waals surface area contributed by atoms with Gasteiger partial charge in [0, 0.05) is 17.1 Å². The summed E-state index contributed by atoms with van der Waals surface area (Å²) in [7, 11) is 1.35. The van der Waals surface area contributed by atoms with Gasteiger partial charge in [-0.15, -0.1) is 11.8 Å². The number of hydrogen-bond donors (Lipinski definition) is 1. The summed E-state index contributed by atoms with van der Waals surface area (Å²) in [5.74, 6) is 1.95. The molecule has 1 aromatic rings. The van der Waals surface area contributed by atoms with Gasteiger partial charge in [-0.05, 0) is 24.6 Å². The Bertz CT molecular complexity index is 466. The summed E-state index contributed by atoms with van der Waals surface area (Å²) >= 11 is 1.63. The van der Waals surface area contributed by atoms with Crippen LogP contribution in [0.5, 0.6) is 11.5 Å². The molecular weight excluding hydrogens is 278 g/mol. The molecule has 0 fully saturated rings. The van der Waals surface area contributed by atoms with Crippen LogP contribution in [0.4, 0.5) is 0 Å². The standard InChI is InChI=1S/C14H19NO4S/c1-17-14(16)11(15)5-8-20-10-3-4-12-13(9-10)19-7-2-6-18-12/h3-4,9,11H,2,5-8,15H2,1H3. The van der Waals surface area contributed by atoms with Gasteiger partial charge in [-0.25, -0.2) is 0 Å². The molecule has 0 radical (unpaired) electrons. The number of rotatable bonds is 5. The third-order valence-corrected chi connectivity index (χ3v) is 3.95. The fourth-order valence-electron chi connectivity index (χ4n) is 1.81. The molecule has 0 spiro atoms. The number of carbonyl (C=O) groups is 1. The lowest BCUT2D eigenvalue weighted by Crippen LogP contribution is -2.31. The highest BCUT2D eigenvalue weighted by molar-refractivity contribution is 7.99. The second-order valence-corrected chi connectivity index (χ2v) is 5.59. The van der Waals surface area contributed by atoms with Crippen LogP contribution in [0.3, 0.4) is 0 Å². The lowest BCUT2D eigenvalue weighted by atomic mass is 10.2. The Hall–Kier alpha value is -1.40. The zero-order valence-corrected chi connectivity index (χ0v) is 12.3. The van der Waals surface area contributed by atoms with E-state index in [1.807, 2.05) is 18.2 Å². The van der Waals surface area contributed by atoms with Crippen LogP contribution in [-0.4, -0.2) is 38.1 Å². The van der Waals surface area contributed by atoms with Crippen molar-refractivity contribution in [1.29, 1.82) is 0 Å². The minimum absolute atomic E-state index is 0.371. The highest BCUT2D eigenvalue weighted by atomic mass is 32.2. The molecule has 1 aliphatic rings. The second kappa shape index (κ2) is 7.40. The molecule has 0 aliphatic carbocycles. The zero-order chi connectivity index (χ0) is 14.4. The Kier molecular flexibility index (Phi) is 5.55. The minimum atomic E-state index is -0.562. The number of esters is 1. The van der Waals surface area contributed by atoms with Gasteiger partial charge in [0.15, 0.2) is 11.5 Å². The third-order valence-electron chi connectivity index (χ3n) is 2.92. The maximum Gasteiger partial charge on any atom is 0.322 e. The van der Waals surface area contributed by atoms with Gasteiger partial charge < -0.3 is 19.9 Å². The Morgan fingerprint density at radius 2 is 2.15 bits per heavy atom. The van der Waals surface area contributed by atoms with Crippen LogP contribution in [0.1, 0.15) is 12.8 Å². The molecule has 1 atom stereocenters. The summed E-state index contributed by atoms with van der Waals surface area (Å²) in [5.41, 5.74) is 5.69. The predicted molar refractivity (Wildman–Crippen MR) is 77.4 cm³/mol. The van der Waals surface area contributed by atoms with E-state index in [2.05, 4.69) is 4.74 Å². The van der Waals surface area contributed by atoms with Crippen molar-refractivity contribution in [3.63, 3.8) is 0 Å². The van der Waals surface area contributed by atoms with Gasteiger partial charge in [0.1, 0.15) is 6.04 Å². The number of nitrogens with two attached hydrogens (primary N) is 1. The molecule has 0 saturated heterocycles. The Labute approximate surface area is 122 Å². The Morgan fingerprint density at radius 1 is 1.40 bits per heavy atom. The van der Waals surface area contributed by atoms with Crippen molar-refractivity contribution in [2.45, 2.75) is 23.8 Å². The van der Waals surface area contributed by atoms with Gasteiger partial charge in [-0.3, -0.25) is 4.79 Å². The number of methoxy groups -OCH3 is 1. The summed E-state index contributed by atoms with van der Waals surface area (Å²) in [6.45, 7) is 1.36. The van der Waals surface area contributed by atoms with Gasteiger partial charge in [-0.2, -0.15) is 0 Å². The maximum atomic E-state index is 11.2. The number of hydrogen-bond acceptors (Lipinski definition) is 6. The first kappa shape index (κ1) is 15.0. The molecule has 0 aromatic heterocycles. The van der Waals surface area contributed by atoms with E-state index in [1.165, 1.54) is 7.11 Å². The fourth-order valence-corrected chi connectivity index (χ4v) is 2.77. The van der Waals surface area contributed by atoms with E-state index in [1.54, 1.807) is 11.8 Å². The molecule has 0 saturated carbocycles. The molecule has 0 bridgehead atoms. The van der Waals surface area contributed by atoms with E-state index in [4.69, 9.17) is 15.2 Å². The summed E-state index contributed by atoms with van der Waals surface area (Å²) < 4.78 is 15.8. The lowest BCUT2D eigenvalue weighted by molar-refractivity contribution is -0.142. The number of benzene rings is 1. The van der Waals surface area contributed by atoms with E-state index < -0.39 is 6.04 Å². The number of thioether (sulfide) groups is 1. The van der Waals surface area contributed by atoms with Crippen LogP contribution in [-0.2, 0) is 9.53 Å². The average Bonchev–Trinajstić information content (AvgIpc) is 2.71. The first-order valence-corrected chi connectivity index (χ1v) is 7.55. The first-order chi connectivity index (χ1) is 9.70. The molecule has 0 amide bonds. The molecule has 2 N–H and O–H groups in total. The average molecular weight is 297 g/mol. The molecule has 1 aromatic carbocycles. The van der Waals surface area contributed by atoms with Gasteiger partial charge >= 0.3 is 5.97 Å². The monoisotopic (exact) mass is 297 g/mol. The van der Waals surface area contributed by atoms with E-state index in [0.717, 1.165) is 28.6 Å². The number of fused-ring (bicyclic) bond motifs is 1. The Morgan fingerprint density at radius 3 is 2.90 bits per heavy atom. The van der Waals surface area contributed by atoms with Crippen LogP contribution >= 0.6 is 11.8 Å². The summed E-state index contributed by atoms with van der Waals surface area (Å²) in [6.07, 6.45) is 1.47. The smallest absolute Gasteiger partial charge is 0.322 e. The maximum absolute atomic E-state index is 11.2. The van der Waals surface area contributed by atoms with E-state index in [0.29, 0.717) is 19.6 Å². The van der Waals surface area contributed by atoms with Crippen LogP contribution < -0.4 is 15.2 Å². The molecule has 1 aliphatic heterocycles. The third kappa shape index (κ3) is 4.05. The van der Waals surface area contributed by atoms with E-state index in [9.17, 15) is 4.79 Å². The van der Waals surface area contributed by atoms with Crippen molar-refractivity contribution in [3.05, 3.63) is 18.2 Å². The van der Waals surface area contributed by atoms with Gasteiger partial charge in [-0.1, -0.05) is 0 Å². The van der Waals surface area contributed by atoms with E-state index >= 15 is 0 Å². The van der Waals surface area contributed by atoms with Crippen LogP contribution in [0.15, 0.2) is 23.1 Å². The summed E-state index contributed by atoms with van der Waals surface area (Å²) in [4.78, 5) is 12.3. The highest BCUT2D eigenvalue weighted by Crippen LogP contribution is 2.34. The second-order valence-electron chi connectivity index (χ2n) is 4.43. The Balaban J connectivity index is 1.87. The van der Waals surface area contributed by atoms with Crippen LogP contribution in [0, 0.1) is 0 Å². The summed E-state index contributed by atoms with van der Waals surface area (Å²) in [6, 6.07) is 5.31. The topological polar surface area (TPSA) is 70.8 Å². The van der Waals surface area contributed by atoms with E-state index in [-0.39, 0.29) is 5.97 Å². The van der Waals surface area contributed by atoms with Crippen molar-refractivity contribution in [2.75, 3.05) is 26.1 Å². The summed E-state index contributed by atoms with van der Waals surface area (Å²) in [5, 5.41) is 0. The predicted octanol–water partition coefficient (Wildman–Crippen LogP) is 1.83. The SMILES string of the molecule is COC(=O)C(N)CCSc1ccc2c(c1)OCCCO2. The van der Waals surface area contributed by atoms with Gasteiger partial charge in [0.25, 0.3) is 0 Å². The quantitative estimate of drug-likeness (QED) is 0.660. The van der Waals surface area contributed by atoms with Crippen LogP contribution in [0.25, 0.3) is 0 Å². The minimum Gasteiger partial charge on any atom is -0.490 e. The van der Waals surface area contributed by atoms with Crippen molar-refractivity contribution < 1.29 is 19.0 Å². The molecule has 6 heteroatoms. The number of carbonyl (C=O) groups excluding carboxylic acids is 1. The first-order valence-electron chi connectivity index (χ1n) is 6.56. The molecule has 20 heavy (non-hydrogen) atoms. The molecular formula is C14H19NO4S. The van der Waals surface area contributed by atoms with Crippen molar-refractivity contribution >= 4 is 17.7 Å². The normalized spacial score (nSPS) is 15.3. The van der Waals surface area contributed by atoms with Crippen LogP contribution in [0.2, 0.25) is 0 Å². The van der Waals surface area contributed by atoms with Gasteiger partial charge in [0.05, 0.1) is 20.3 Å². The molecule has 1 unspecified atom stereocenters. The number of ether oxygens (including phenoxy) is 3. The molecule has 110 valence electrons. The largest absolute Gasteiger partial charge is 0.490 e. The molecule has 1 heterocycles. The zero-order valence-electron chi connectivity index (χ0n) is 11.5. The lowest BCUT2D eigenvalue weighted by Gasteiger charge is -2.10.